The average molecular weight is 271 g/mol. The minimum Gasteiger partial charge on any atom is -0.444 e. The number of nitrogens with zero attached hydrogens (tertiary/aromatic N) is 1. The fraction of sp³-hybridized carbons (Fsp3) is 0.933. The van der Waals surface area contributed by atoms with E-state index in [4.69, 9.17) is 9.47 Å². The summed E-state index contributed by atoms with van der Waals surface area (Å²) < 4.78 is 11.2. The predicted molar refractivity (Wildman–Crippen MR) is 76.0 cm³/mol. The van der Waals surface area contributed by atoms with Gasteiger partial charge in [0.2, 0.25) is 0 Å². The van der Waals surface area contributed by atoms with Crippen LogP contribution in [-0.2, 0) is 9.47 Å². The SMILES string of the molecule is CCCC[C@@H]1CC[C@H](OCC)N1C(=O)OC(C)(C)C. The van der Waals surface area contributed by atoms with Gasteiger partial charge in [-0.15, -0.1) is 0 Å². The molecule has 1 rings (SSSR count). The molecule has 2 atom stereocenters. The Bertz CT molecular complexity index is 286. The molecule has 4 nitrogen and oxygen atoms in total. The van der Waals surface area contributed by atoms with Crippen LogP contribution in [0.5, 0.6) is 0 Å². The first-order valence-electron chi connectivity index (χ1n) is 7.52. The Morgan fingerprint density at radius 1 is 1.26 bits per heavy atom. The predicted octanol–water partition coefficient (Wildman–Crippen LogP) is 3.94. The minimum atomic E-state index is -0.453. The van der Waals surface area contributed by atoms with Crippen molar-refractivity contribution in [3.05, 3.63) is 0 Å². The number of rotatable bonds is 5. The summed E-state index contributed by atoms with van der Waals surface area (Å²) in [6.07, 6.45) is 4.93. The van der Waals surface area contributed by atoms with Crippen LogP contribution in [0, 0.1) is 0 Å². The first kappa shape index (κ1) is 16.3. The molecule has 1 saturated heterocycles. The summed E-state index contributed by atoms with van der Waals surface area (Å²) in [4.78, 5) is 14.2. The maximum absolute atomic E-state index is 12.3. The molecule has 0 spiro atoms. The minimum absolute atomic E-state index is 0.110. The molecule has 1 aliphatic heterocycles. The lowest BCUT2D eigenvalue weighted by atomic mass is 10.1. The Hall–Kier alpha value is -0.770. The second-order valence-electron chi connectivity index (χ2n) is 6.17. The summed E-state index contributed by atoms with van der Waals surface area (Å²) in [5.41, 5.74) is -0.453. The van der Waals surface area contributed by atoms with E-state index < -0.39 is 5.60 Å². The van der Waals surface area contributed by atoms with Crippen LogP contribution in [-0.4, -0.2) is 35.5 Å². The van der Waals surface area contributed by atoms with E-state index in [1.807, 2.05) is 32.6 Å². The van der Waals surface area contributed by atoms with E-state index >= 15 is 0 Å². The maximum Gasteiger partial charge on any atom is 0.412 e. The monoisotopic (exact) mass is 271 g/mol. The smallest absolute Gasteiger partial charge is 0.412 e. The van der Waals surface area contributed by atoms with Crippen molar-refractivity contribution in [1.82, 2.24) is 4.90 Å². The van der Waals surface area contributed by atoms with Gasteiger partial charge in [0, 0.05) is 12.6 Å². The Balaban J connectivity index is 2.70. The Labute approximate surface area is 117 Å². The van der Waals surface area contributed by atoms with E-state index in [1.165, 1.54) is 0 Å². The van der Waals surface area contributed by atoms with Gasteiger partial charge in [-0.2, -0.15) is 0 Å². The van der Waals surface area contributed by atoms with Crippen LogP contribution in [0.1, 0.15) is 66.7 Å². The molecule has 1 heterocycles. The van der Waals surface area contributed by atoms with Gasteiger partial charge in [-0.3, -0.25) is 4.90 Å². The number of carbonyl (C=O) groups excluding carboxylic acids is 1. The van der Waals surface area contributed by atoms with Crippen LogP contribution in [0.4, 0.5) is 4.79 Å². The third-order valence-electron chi connectivity index (χ3n) is 3.30. The summed E-state index contributed by atoms with van der Waals surface area (Å²) in [6, 6.07) is 0.270. The molecule has 0 saturated carbocycles. The Kier molecular flexibility index (Phi) is 6.11. The van der Waals surface area contributed by atoms with Gasteiger partial charge in [0.15, 0.2) is 0 Å². The van der Waals surface area contributed by atoms with Gasteiger partial charge in [0.05, 0.1) is 0 Å². The van der Waals surface area contributed by atoms with Crippen LogP contribution in [0.2, 0.25) is 0 Å². The van der Waals surface area contributed by atoms with Crippen LogP contribution in [0.25, 0.3) is 0 Å². The largest absolute Gasteiger partial charge is 0.444 e. The summed E-state index contributed by atoms with van der Waals surface area (Å²) >= 11 is 0. The second-order valence-corrected chi connectivity index (χ2v) is 6.17. The first-order valence-corrected chi connectivity index (χ1v) is 7.52. The van der Waals surface area contributed by atoms with Gasteiger partial charge in [-0.1, -0.05) is 19.8 Å². The van der Waals surface area contributed by atoms with Gasteiger partial charge in [0.25, 0.3) is 0 Å². The van der Waals surface area contributed by atoms with Crippen molar-refractivity contribution >= 4 is 6.09 Å². The van der Waals surface area contributed by atoms with Crippen molar-refractivity contribution in [2.24, 2.45) is 0 Å². The number of carbonyl (C=O) groups is 1. The van der Waals surface area contributed by atoms with Gasteiger partial charge in [0.1, 0.15) is 11.8 Å². The molecule has 0 bridgehead atoms. The summed E-state index contributed by atoms with van der Waals surface area (Å²) in [6.45, 7) is 10.5. The van der Waals surface area contributed by atoms with E-state index in [0.29, 0.717) is 6.61 Å². The Morgan fingerprint density at radius 2 is 1.95 bits per heavy atom. The van der Waals surface area contributed by atoms with E-state index in [9.17, 15) is 4.79 Å². The zero-order chi connectivity index (χ0) is 14.5. The lowest BCUT2D eigenvalue weighted by Crippen LogP contribution is -2.45. The highest BCUT2D eigenvalue weighted by molar-refractivity contribution is 5.69. The van der Waals surface area contributed by atoms with Crippen molar-refractivity contribution in [2.45, 2.75) is 84.6 Å². The van der Waals surface area contributed by atoms with Crippen LogP contribution in [0.3, 0.4) is 0 Å². The fourth-order valence-electron chi connectivity index (χ4n) is 2.51. The third-order valence-corrected chi connectivity index (χ3v) is 3.30. The molecule has 19 heavy (non-hydrogen) atoms. The molecule has 0 aromatic heterocycles. The maximum atomic E-state index is 12.3. The van der Waals surface area contributed by atoms with Gasteiger partial charge < -0.3 is 9.47 Å². The van der Waals surface area contributed by atoms with E-state index in [-0.39, 0.29) is 18.4 Å². The molecule has 0 aliphatic carbocycles. The third kappa shape index (κ3) is 5.01. The lowest BCUT2D eigenvalue weighted by molar-refractivity contribution is -0.0562. The highest BCUT2D eigenvalue weighted by Gasteiger charge is 2.39. The zero-order valence-electron chi connectivity index (χ0n) is 13.1. The molecule has 0 unspecified atom stereocenters. The van der Waals surface area contributed by atoms with E-state index in [2.05, 4.69) is 6.92 Å². The van der Waals surface area contributed by atoms with Crippen molar-refractivity contribution in [3.8, 4) is 0 Å². The topological polar surface area (TPSA) is 38.8 Å². The highest BCUT2D eigenvalue weighted by atomic mass is 16.6. The highest BCUT2D eigenvalue weighted by Crippen LogP contribution is 2.30. The van der Waals surface area contributed by atoms with Crippen LogP contribution >= 0.6 is 0 Å². The zero-order valence-corrected chi connectivity index (χ0v) is 13.1. The summed E-state index contributed by atoms with van der Waals surface area (Å²) in [5, 5.41) is 0. The molecule has 1 amide bonds. The molecule has 0 N–H and O–H groups in total. The standard InChI is InChI=1S/C15H29NO3/c1-6-8-9-12-10-11-13(18-7-2)16(12)14(17)19-15(3,4)5/h12-13H,6-11H2,1-5H3/t12-,13+/m1/s1. The number of hydrogen-bond donors (Lipinski definition) is 0. The van der Waals surface area contributed by atoms with Gasteiger partial charge >= 0.3 is 6.09 Å². The normalized spacial score (nSPS) is 23.7. The first-order chi connectivity index (χ1) is 8.89. The molecule has 0 radical (unpaired) electrons. The van der Waals surface area contributed by atoms with Gasteiger partial charge in [-0.25, -0.2) is 4.79 Å². The molecule has 0 aromatic rings. The average Bonchev–Trinajstić information content (AvgIpc) is 2.67. The fourth-order valence-corrected chi connectivity index (χ4v) is 2.51. The van der Waals surface area contributed by atoms with Crippen molar-refractivity contribution < 1.29 is 14.3 Å². The van der Waals surface area contributed by atoms with E-state index in [1.54, 1.807) is 0 Å². The van der Waals surface area contributed by atoms with Crippen LogP contribution in [0.15, 0.2) is 0 Å². The molecule has 1 aliphatic rings. The molecular formula is C15H29NO3. The molecule has 4 heteroatoms. The number of ether oxygens (including phenoxy) is 2. The number of hydrogen-bond acceptors (Lipinski definition) is 3. The molecule has 112 valence electrons. The summed E-state index contributed by atoms with van der Waals surface area (Å²) in [7, 11) is 0. The second kappa shape index (κ2) is 7.13. The van der Waals surface area contributed by atoms with Crippen molar-refractivity contribution in [2.75, 3.05) is 6.61 Å². The Morgan fingerprint density at radius 3 is 2.47 bits per heavy atom. The van der Waals surface area contributed by atoms with E-state index in [0.717, 1.165) is 32.1 Å². The quantitative estimate of drug-likeness (QED) is 0.760. The molecule has 0 aromatic carbocycles. The summed E-state index contributed by atoms with van der Waals surface area (Å²) in [5.74, 6) is 0. The lowest BCUT2D eigenvalue weighted by Gasteiger charge is -2.32. The molecular weight excluding hydrogens is 242 g/mol. The number of amides is 1. The molecule has 1 fully saturated rings. The number of unbranched alkanes of at least 4 members (excludes halogenated alkanes) is 1. The van der Waals surface area contributed by atoms with Gasteiger partial charge in [-0.05, 0) is 47.0 Å². The van der Waals surface area contributed by atoms with Crippen LogP contribution < -0.4 is 0 Å². The van der Waals surface area contributed by atoms with Crippen molar-refractivity contribution in [3.63, 3.8) is 0 Å². The van der Waals surface area contributed by atoms with Crippen molar-refractivity contribution in [1.29, 1.82) is 0 Å². The number of likely N-dealkylation sites (tertiary alicyclic amines) is 1.